The first-order valence-electron chi connectivity index (χ1n) is 7.09. The van der Waals surface area contributed by atoms with Gasteiger partial charge in [-0.1, -0.05) is 32.9 Å². The molecule has 0 aliphatic carbocycles. The van der Waals surface area contributed by atoms with Crippen molar-refractivity contribution in [1.29, 1.82) is 0 Å². The third-order valence-electron chi connectivity index (χ3n) is 2.93. The number of ether oxygens (including phenoxy) is 1. The molecule has 0 bridgehead atoms. The summed E-state index contributed by atoms with van der Waals surface area (Å²) in [6, 6.07) is 7.95. The van der Waals surface area contributed by atoms with Gasteiger partial charge in [-0.25, -0.2) is 0 Å². The molecule has 0 unspecified atom stereocenters. The zero-order chi connectivity index (χ0) is 14.4. The number of aryl methyl sites for hydroxylation is 1. The van der Waals surface area contributed by atoms with Gasteiger partial charge in [-0.15, -0.1) is 0 Å². The molecule has 0 aliphatic rings. The summed E-state index contributed by atoms with van der Waals surface area (Å²) in [5.74, 6) is 1.36. The Morgan fingerprint density at radius 2 is 2.00 bits per heavy atom. The predicted molar refractivity (Wildman–Crippen MR) is 78.9 cm³/mol. The lowest BCUT2D eigenvalue weighted by atomic mass is 10.2. The highest BCUT2D eigenvalue weighted by Gasteiger charge is 2.06. The smallest absolute Gasteiger partial charge is 0.399 e. The summed E-state index contributed by atoms with van der Waals surface area (Å²) in [5, 5.41) is 3.32. The fraction of sp³-hybridized carbons (Fsp3) is 0.438. The lowest BCUT2D eigenvalue weighted by Crippen LogP contribution is -2.19. The van der Waals surface area contributed by atoms with Gasteiger partial charge in [0.05, 0.1) is 5.69 Å². The second kappa shape index (κ2) is 7.10. The monoisotopic (exact) mass is 274 g/mol. The second-order valence-electron chi connectivity index (χ2n) is 5.23. The number of hydrogen-bond donors (Lipinski definition) is 1. The van der Waals surface area contributed by atoms with Crippen molar-refractivity contribution in [2.75, 3.05) is 6.54 Å². The summed E-state index contributed by atoms with van der Waals surface area (Å²) in [4.78, 5) is 4.29. The highest BCUT2D eigenvalue weighted by atomic mass is 16.6. The van der Waals surface area contributed by atoms with Crippen molar-refractivity contribution < 1.29 is 9.15 Å². The molecule has 2 rings (SSSR count). The first-order chi connectivity index (χ1) is 9.67. The van der Waals surface area contributed by atoms with Crippen LogP contribution in [0.25, 0.3) is 0 Å². The predicted octanol–water partition coefficient (Wildman–Crippen LogP) is 3.77. The maximum Gasteiger partial charge on any atom is 0.399 e. The molecule has 1 N–H and O–H groups in total. The number of benzene rings is 1. The molecule has 0 atom stereocenters. The van der Waals surface area contributed by atoms with Crippen LogP contribution >= 0.6 is 0 Å². The fourth-order valence-corrected chi connectivity index (χ4v) is 1.80. The van der Waals surface area contributed by atoms with Crippen LogP contribution in [-0.4, -0.2) is 11.5 Å². The summed E-state index contributed by atoms with van der Waals surface area (Å²) < 4.78 is 10.9. The standard InChI is InChI=1S/C16H22N2O2/c1-4-13-5-7-15(8-6-13)20-16-18-14(11-19-16)10-17-9-12(2)3/h5-8,11-12,17H,4,9-10H2,1-3H3. The van der Waals surface area contributed by atoms with Crippen molar-refractivity contribution in [3.63, 3.8) is 0 Å². The maximum absolute atomic E-state index is 5.58. The molecule has 0 fully saturated rings. The zero-order valence-electron chi connectivity index (χ0n) is 12.3. The SMILES string of the molecule is CCc1ccc(Oc2nc(CNCC(C)C)co2)cc1. The van der Waals surface area contributed by atoms with E-state index in [1.54, 1.807) is 6.26 Å². The fourth-order valence-electron chi connectivity index (χ4n) is 1.80. The number of rotatable bonds is 7. The van der Waals surface area contributed by atoms with E-state index in [9.17, 15) is 0 Å². The van der Waals surface area contributed by atoms with E-state index < -0.39 is 0 Å². The van der Waals surface area contributed by atoms with E-state index >= 15 is 0 Å². The van der Waals surface area contributed by atoms with Crippen molar-refractivity contribution in [1.82, 2.24) is 10.3 Å². The molecular weight excluding hydrogens is 252 g/mol. The van der Waals surface area contributed by atoms with Crippen LogP contribution in [0.5, 0.6) is 11.8 Å². The van der Waals surface area contributed by atoms with E-state index in [0.29, 0.717) is 12.5 Å². The van der Waals surface area contributed by atoms with Crippen LogP contribution < -0.4 is 10.1 Å². The van der Waals surface area contributed by atoms with E-state index in [2.05, 4.69) is 31.1 Å². The van der Waals surface area contributed by atoms with Gasteiger partial charge < -0.3 is 14.5 Å². The lowest BCUT2D eigenvalue weighted by Gasteiger charge is -2.04. The van der Waals surface area contributed by atoms with Gasteiger partial charge in [0.15, 0.2) is 0 Å². The Bertz CT molecular complexity index is 518. The molecule has 1 aromatic carbocycles. The average Bonchev–Trinajstić information content (AvgIpc) is 2.87. The van der Waals surface area contributed by atoms with E-state index in [4.69, 9.17) is 9.15 Å². The van der Waals surface area contributed by atoms with Crippen LogP contribution in [-0.2, 0) is 13.0 Å². The van der Waals surface area contributed by atoms with Gasteiger partial charge in [0, 0.05) is 6.54 Å². The molecule has 0 saturated carbocycles. The highest BCUT2D eigenvalue weighted by Crippen LogP contribution is 2.21. The quantitative estimate of drug-likeness (QED) is 0.834. The molecule has 2 aromatic rings. The molecular formula is C16H22N2O2. The molecule has 4 heteroatoms. The normalized spacial score (nSPS) is 11.0. The summed E-state index contributed by atoms with van der Waals surface area (Å²) in [5.41, 5.74) is 2.13. The summed E-state index contributed by atoms with van der Waals surface area (Å²) in [7, 11) is 0. The van der Waals surface area contributed by atoms with E-state index in [1.807, 2.05) is 24.3 Å². The van der Waals surface area contributed by atoms with Gasteiger partial charge in [0.2, 0.25) is 0 Å². The van der Waals surface area contributed by atoms with Gasteiger partial charge in [-0.2, -0.15) is 4.98 Å². The molecule has 1 aromatic heterocycles. The maximum atomic E-state index is 5.58. The molecule has 0 amide bonds. The van der Waals surface area contributed by atoms with Crippen LogP contribution in [0.2, 0.25) is 0 Å². The lowest BCUT2D eigenvalue weighted by molar-refractivity contribution is 0.330. The Morgan fingerprint density at radius 1 is 1.25 bits per heavy atom. The molecule has 20 heavy (non-hydrogen) atoms. The van der Waals surface area contributed by atoms with Crippen LogP contribution in [0.15, 0.2) is 34.9 Å². The average molecular weight is 274 g/mol. The third-order valence-corrected chi connectivity index (χ3v) is 2.93. The Hall–Kier alpha value is -1.81. The molecule has 0 spiro atoms. The van der Waals surface area contributed by atoms with Crippen LogP contribution in [0.3, 0.4) is 0 Å². The van der Waals surface area contributed by atoms with Crippen molar-refractivity contribution in [3.8, 4) is 11.8 Å². The minimum Gasteiger partial charge on any atom is -0.417 e. The molecule has 0 aliphatic heterocycles. The van der Waals surface area contributed by atoms with Crippen molar-refractivity contribution in [3.05, 3.63) is 41.8 Å². The van der Waals surface area contributed by atoms with E-state index in [0.717, 1.165) is 24.4 Å². The van der Waals surface area contributed by atoms with Crippen LogP contribution in [0.4, 0.5) is 0 Å². The molecule has 1 heterocycles. The molecule has 0 saturated heterocycles. The first kappa shape index (κ1) is 14.6. The minimum atomic E-state index is 0.288. The highest BCUT2D eigenvalue weighted by molar-refractivity contribution is 5.28. The van der Waals surface area contributed by atoms with Gasteiger partial charge in [0.25, 0.3) is 0 Å². The minimum absolute atomic E-state index is 0.288. The Morgan fingerprint density at radius 3 is 2.65 bits per heavy atom. The van der Waals surface area contributed by atoms with Gasteiger partial charge >= 0.3 is 6.08 Å². The van der Waals surface area contributed by atoms with E-state index in [-0.39, 0.29) is 6.08 Å². The van der Waals surface area contributed by atoms with Crippen LogP contribution in [0, 0.1) is 5.92 Å². The Balaban J connectivity index is 1.88. The Kier molecular flexibility index (Phi) is 5.18. The van der Waals surface area contributed by atoms with E-state index in [1.165, 1.54) is 5.56 Å². The topological polar surface area (TPSA) is 47.3 Å². The summed E-state index contributed by atoms with van der Waals surface area (Å²) in [6.45, 7) is 8.12. The summed E-state index contributed by atoms with van der Waals surface area (Å²) >= 11 is 0. The number of nitrogens with one attached hydrogen (secondary N) is 1. The largest absolute Gasteiger partial charge is 0.417 e. The number of hydrogen-bond acceptors (Lipinski definition) is 4. The van der Waals surface area contributed by atoms with Gasteiger partial charge in [-0.05, 0) is 36.6 Å². The van der Waals surface area contributed by atoms with Crippen molar-refractivity contribution in [2.45, 2.75) is 33.7 Å². The van der Waals surface area contributed by atoms with Crippen molar-refractivity contribution in [2.24, 2.45) is 5.92 Å². The number of nitrogens with zero attached hydrogens (tertiary/aromatic N) is 1. The number of oxazole rings is 1. The zero-order valence-corrected chi connectivity index (χ0v) is 12.3. The first-order valence-corrected chi connectivity index (χ1v) is 7.09. The van der Waals surface area contributed by atoms with Crippen molar-refractivity contribution >= 4 is 0 Å². The molecule has 108 valence electrons. The summed E-state index contributed by atoms with van der Waals surface area (Å²) in [6.07, 6.45) is 2.93. The third kappa shape index (κ3) is 4.38. The van der Waals surface area contributed by atoms with Gasteiger partial charge in [-0.3, -0.25) is 0 Å². The van der Waals surface area contributed by atoms with Crippen LogP contribution in [0.1, 0.15) is 32.0 Å². The Labute approximate surface area is 120 Å². The second-order valence-corrected chi connectivity index (χ2v) is 5.23. The molecule has 0 radical (unpaired) electrons. The number of aromatic nitrogens is 1. The molecule has 4 nitrogen and oxygen atoms in total. The van der Waals surface area contributed by atoms with Gasteiger partial charge in [0.1, 0.15) is 12.0 Å².